The first-order valence-corrected chi connectivity index (χ1v) is 10.1. The van der Waals surface area contributed by atoms with Crippen LogP contribution in [-0.2, 0) is 9.59 Å². The molecule has 138 valence electrons. The van der Waals surface area contributed by atoms with Gasteiger partial charge in [-0.05, 0) is 36.2 Å². The van der Waals surface area contributed by atoms with E-state index in [1.165, 1.54) is 23.9 Å². The molecule has 0 aliphatic carbocycles. The zero-order valence-electron chi connectivity index (χ0n) is 14.3. The Hall–Kier alpha value is -1.86. The maximum absolute atomic E-state index is 13.5. The third kappa shape index (κ3) is 6.46. The van der Waals surface area contributed by atoms with E-state index < -0.39 is 5.82 Å². The summed E-state index contributed by atoms with van der Waals surface area (Å²) in [7, 11) is 0. The van der Waals surface area contributed by atoms with E-state index in [9.17, 15) is 14.0 Å². The zero-order chi connectivity index (χ0) is 18.9. The molecule has 0 saturated carbocycles. The van der Waals surface area contributed by atoms with Gasteiger partial charge in [0, 0.05) is 4.47 Å². The average molecular weight is 439 g/mol. The molecule has 7 heteroatoms. The number of hydrogen-bond acceptors (Lipinski definition) is 3. The number of halogens is 2. The number of hydrogen-bond donors (Lipinski definition) is 2. The van der Waals surface area contributed by atoms with Crippen LogP contribution in [0.25, 0.3) is 0 Å². The smallest absolute Gasteiger partial charge is 0.234 e. The summed E-state index contributed by atoms with van der Waals surface area (Å²) in [5, 5.41) is 5.46. The van der Waals surface area contributed by atoms with E-state index in [4.69, 9.17) is 0 Å². The van der Waals surface area contributed by atoms with Crippen molar-refractivity contribution in [3.8, 4) is 0 Å². The summed E-state index contributed by atoms with van der Waals surface area (Å²) in [6.07, 6.45) is 0.770. The molecule has 0 fully saturated rings. The van der Waals surface area contributed by atoms with Gasteiger partial charge >= 0.3 is 0 Å². The molecule has 2 N–H and O–H groups in total. The van der Waals surface area contributed by atoms with Crippen LogP contribution in [0.5, 0.6) is 0 Å². The van der Waals surface area contributed by atoms with Gasteiger partial charge in [0.25, 0.3) is 0 Å². The van der Waals surface area contributed by atoms with Crippen molar-refractivity contribution in [3.05, 3.63) is 64.4 Å². The van der Waals surface area contributed by atoms with Crippen molar-refractivity contribution in [2.45, 2.75) is 19.4 Å². The predicted octanol–water partition coefficient (Wildman–Crippen LogP) is 4.53. The highest BCUT2D eigenvalue weighted by atomic mass is 79.9. The summed E-state index contributed by atoms with van der Waals surface area (Å²) in [5.41, 5.74) is 1.18. The number of amides is 2. The van der Waals surface area contributed by atoms with Crippen LogP contribution < -0.4 is 10.6 Å². The summed E-state index contributed by atoms with van der Waals surface area (Å²) < 4.78 is 14.5. The van der Waals surface area contributed by atoms with E-state index >= 15 is 0 Å². The lowest BCUT2D eigenvalue weighted by molar-refractivity contribution is -0.119. The van der Waals surface area contributed by atoms with Gasteiger partial charge in [-0.3, -0.25) is 9.59 Å². The number of rotatable bonds is 8. The van der Waals surface area contributed by atoms with Crippen LogP contribution in [0, 0.1) is 5.82 Å². The van der Waals surface area contributed by atoms with Gasteiger partial charge < -0.3 is 10.6 Å². The van der Waals surface area contributed by atoms with Gasteiger partial charge in [-0.2, -0.15) is 0 Å². The summed E-state index contributed by atoms with van der Waals surface area (Å²) in [5.74, 6) is -0.714. The molecular formula is C19H20BrFN2O2S. The minimum absolute atomic E-state index is 0.0663. The van der Waals surface area contributed by atoms with Crippen molar-refractivity contribution in [1.29, 1.82) is 0 Å². The van der Waals surface area contributed by atoms with Gasteiger partial charge in [-0.1, -0.05) is 47.1 Å². The molecule has 2 aromatic rings. The zero-order valence-corrected chi connectivity index (χ0v) is 16.7. The van der Waals surface area contributed by atoms with E-state index in [0.29, 0.717) is 0 Å². The Bertz CT molecular complexity index is 755. The Kier molecular flexibility index (Phi) is 8.12. The quantitative estimate of drug-likeness (QED) is 0.636. The van der Waals surface area contributed by atoms with E-state index in [1.54, 1.807) is 12.1 Å². The van der Waals surface area contributed by atoms with Crippen molar-refractivity contribution in [2.24, 2.45) is 0 Å². The number of benzene rings is 2. The minimum atomic E-state index is -0.483. The van der Waals surface area contributed by atoms with E-state index in [2.05, 4.69) is 26.6 Å². The minimum Gasteiger partial charge on any atom is -0.349 e. The second-order valence-electron chi connectivity index (χ2n) is 5.60. The van der Waals surface area contributed by atoms with E-state index in [-0.39, 0.29) is 35.0 Å². The first kappa shape index (κ1) is 20.5. The van der Waals surface area contributed by atoms with Crippen LogP contribution >= 0.6 is 27.7 Å². The predicted molar refractivity (Wildman–Crippen MR) is 108 cm³/mol. The van der Waals surface area contributed by atoms with Crippen molar-refractivity contribution in [2.75, 3.05) is 16.8 Å². The molecular weight excluding hydrogens is 419 g/mol. The normalized spacial score (nSPS) is 11.7. The summed E-state index contributed by atoms with van der Waals surface area (Å²) >= 11 is 4.58. The van der Waals surface area contributed by atoms with Crippen LogP contribution in [0.3, 0.4) is 0 Å². The Balaban J connectivity index is 1.76. The summed E-state index contributed by atoms with van der Waals surface area (Å²) in [6.45, 7) is 2.00. The molecule has 1 atom stereocenters. The van der Waals surface area contributed by atoms with Crippen LogP contribution in [0.15, 0.2) is 53.0 Å². The van der Waals surface area contributed by atoms with Crippen molar-refractivity contribution in [3.63, 3.8) is 0 Å². The molecule has 2 rings (SSSR count). The highest BCUT2D eigenvalue weighted by Crippen LogP contribution is 2.19. The third-order valence-electron chi connectivity index (χ3n) is 3.63. The third-order valence-corrected chi connectivity index (χ3v) is 5.09. The first-order valence-electron chi connectivity index (χ1n) is 8.16. The molecule has 2 aromatic carbocycles. The maximum atomic E-state index is 13.5. The van der Waals surface area contributed by atoms with Crippen LogP contribution in [0.4, 0.5) is 10.1 Å². The highest BCUT2D eigenvalue weighted by Gasteiger charge is 2.13. The topological polar surface area (TPSA) is 58.2 Å². The van der Waals surface area contributed by atoms with Gasteiger partial charge in [-0.15, -0.1) is 11.8 Å². The van der Waals surface area contributed by atoms with Gasteiger partial charge in [0.05, 0.1) is 23.2 Å². The van der Waals surface area contributed by atoms with Gasteiger partial charge in [0.1, 0.15) is 5.82 Å². The largest absolute Gasteiger partial charge is 0.349 e. The number of anilines is 1. The molecule has 0 heterocycles. The molecule has 0 aliphatic rings. The van der Waals surface area contributed by atoms with Crippen molar-refractivity contribution < 1.29 is 14.0 Å². The second-order valence-corrected chi connectivity index (χ2v) is 7.50. The lowest BCUT2D eigenvalue weighted by atomic mass is 10.0. The van der Waals surface area contributed by atoms with Crippen molar-refractivity contribution >= 4 is 45.2 Å². The highest BCUT2D eigenvalue weighted by molar-refractivity contribution is 9.10. The number of carbonyl (C=O) groups excluding carboxylic acids is 2. The Labute approximate surface area is 165 Å². The Morgan fingerprint density at radius 2 is 1.73 bits per heavy atom. The van der Waals surface area contributed by atoms with Gasteiger partial charge in [0.15, 0.2) is 0 Å². The fraction of sp³-hybridized carbons (Fsp3) is 0.263. The Morgan fingerprint density at radius 1 is 1.08 bits per heavy atom. The van der Waals surface area contributed by atoms with Crippen LogP contribution in [0.1, 0.15) is 24.9 Å². The monoisotopic (exact) mass is 438 g/mol. The standard InChI is InChI=1S/C19H20BrFN2O2S/c1-2-16(13-7-9-14(20)10-8-13)22-18(24)11-26-12-19(25)23-17-6-4-3-5-15(17)21/h3-10,16H,2,11-12H2,1H3,(H,22,24)(H,23,25). The fourth-order valence-corrected chi connectivity index (χ4v) is 3.23. The number of para-hydroxylation sites is 1. The maximum Gasteiger partial charge on any atom is 0.234 e. The lowest BCUT2D eigenvalue weighted by Crippen LogP contribution is -2.30. The second kappa shape index (κ2) is 10.3. The number of nitrogens with one attached hydrogen (secondary N) is 2. The molecule has 0 bridgehead atoms. The molecule has 4 nitrogen and oxygen atoms in total. The van der Waals surface area contributed by atoms with Crippen LogP contribution in [0.2, 0.25) is 0 Å². The number of carbonyl (C=O) groups is 2. The van der Waals surface area contributed by atoms with Gasteiger partial charge in [0.2, 0.25) is 11.8 Å². The molecule has 0 spiro atoms. The molecule has 0 aromatic heterocycles. The van der Waals surface area contributed by atoms with E-state index in [1.807, 2.05) is 31.2 Å². The molecule has 0 saturated heterocycles. The van der Waals surface area contributed by atoms with Crippen LogP contribution in [-0.4, -0.2) is 23.3 Å². The van der Waals surface area contributed by atoms with Gasteiger partial charge in [-0.25, -0.2) is 4.39 Å². The van der Waals surface area contributed by atoms with E-state index in [0.717, 1.165) is 16.5 Å². The fourth-order valence-electron chi connectivity index (χ4n) is 2.34. The summed E-state index contributed by atoms with van der Waals surface area (Å²) in [6, 6.07) is 13.7. The summed E-state index contributed by atoms with van der Waals surface area (Å²) in [4.78, 5) is 24.0. The average Bonchev–Trinajstić information content (AvgIpc) is 2.62. The first-order chi connectivity index (χ1) is 12.5. The number of thioether (sulfide) groups is 1. The molecule has 26 heavy (non-hydrogen) atoms. The Morgan fingerprint density at radius 3 is 2.38 bits per heavy atom. The molecule has 0 aliphatic heterocycles. The SMILES string of the molecule is CCC(NC(=O)CSCC(=O)Nc1ccccc1F)c1ccc(Br)cc1. The lowest BCUT2D eigenvalue weighted by Gasteiger charge is -2.17. The van der Waals surface area contributed by atoms with Crippen molar-refractivity contribution in [1.82, 2.24) is 5.32 Å². The molecule has 0 radical (unpaired) electrons. The molecule has 1 unspecified atom stereocenters. The molecule has 2 amide bonds.